The molecule has 2 nitrogen and oxygen atoms in total. The highest BCUT2D eigenvalue weighted by molar-refractivity contribution is 4.80. The van der Waals surface area contributed by atoms with Gasteiger partial charge in [0.1, 0.15) is 0 Å². The molecular weight excluding hydrogens is 181 g/mol. The van der Waals surface area contributed by atoms with Crippen LogP contribution in [0.25, 0.3) is 0 Å². The van der Waals surface area contributed by atoms with Crippen molar-refractivity contribution in [1.29, 1.82) is 0 Å². The van der Waals surface area contributed by atoms with Gasteiger partial charge in [0.15, 0.2) is 0 Å². The fourth-order valence-corrected chi connectivity index (χ4v) is 1.97. The first-order valence-corrected chi connectivity index (χ1v) is 4.37. The van der Waals surface area contributed by atoms with Crippen LogP contribution in [0.15, 0.2) is 0 Å². The van der Waals surface area contributed by atoms with E-state index in [4.69, 9.17) is 5.73 Å². The van der Waals surface area contributed by atoms with Crippen molar-refractivity contribution in [3.63, 3.8) is 0 Å². The Morgan fingerprint density at radius 1 is 1.38 bits per heavy atom. The maximum atomic E-state index is 12.0. The van der Waals surface area contributed by atoms with Crippen molar-refractivity contribution in [3.05, 3.63) is 0 Å². The van der Waals surface area contributed by atoms with E-state index in [0.717, 1.165) is 0 Å². The third-order valence-corrected chi connectivity index (χ3v) is 2.27. The van der Waals surface area contributed by atoms with Crippen LogP contribution in [0.1, 0.15) is 12.8 Å². The highest BCUT2D eigenvalue weighted by Gasteiger charge is 2.34. The van der Waals surface area contributed by atoms with E-state index in [1.54, 1.807) is 0 Å². The molecule has 2 unspecified atom stereocenters. The summed E-state index contributed by atoms with van der Waals surface area (Å²) < 4.78 is 36.1. The van der Waals surface area contributed by atoms with Crippen molar-refractivity contribution in [1.82, 2.24) is 4.90 Å². The first-order valence-electron chi connectivity index (χ1n) is 4.37. The van der Waals surface area contributed by atoms with Gasteiger partial charge in [0, 0.05) is 25.6 Å². The van der Waals surface area contributed by atoms with Crippen LogP contribution in [0.2, 0.25) is 0 Å². The van der Waals surface area contributed by atoms with Gasteiger partial charge in [-0.3, -0.25) is 0 Å². The summed E-state index contributed by atoms with van der Waals surface area (Å²) in [6.07, 6.45) is -4.27. The highest BCUT2D eigenvalue weighted by Crippen LogP contribution is 2.29. The number of piperidine rings is 1. The number of likely N-dealkylation sites (N-methyl/N-ethyl adjacent to an activating group) is 1. The zero-order chi connectivity index (χ0) is 10.1. The average molecular weight is 196 g/mol. The van der Waals surface area contributed by atoms with E-state index in [9.17, 15) is 13.2 Å². The molecule has 0 saturated carbocycles. The molecule has 0 aliphatic carbocycles. The van der Waals surface area contributed by atoms with Crippen molar-refractivity contribution in [2.45, 2.75) is 25.1 Å². The molecule has 0 bridgehead atoms. The minimum atomic E-state index is -4.05. The van der Waals surface area contributed by atoms with Gasteiger partial charge in [-0.25, -0.2) is 0 Å². The molecule has 5 heteroatoms. The third-order valence-electron chi connectivity index (χ3n) is 2.27. The van der Waals surface area contributed by atoms with E-state index < -0.39 is 12.6 Å². The monoisotopic (exact) mass is 196 g/mol. The van der Waals surface area contributed by atoms with Crippen molar-refractivity contribution < 1.29 is 13.2 Å². The van der Waals surface area contributed by atoms with Gasteiger partial charge in [0.2, 0.25) is 0 Å². The Bertz CT molecular complexity index is 159. The van der Waals surface area contributed by atoms with Crippen LogP contribution in [-0.4, -0.2) is 37.3 Å². The lowest BCUT2D eigenvalue weighted by molar-refractivity contribution is -0.148. The first kappa shape index (κ1) is 10.8. The standard InChI is InChI=1S/C8H15F3N2/c1-13-4-6(2-7(12)5-13)3-8(9,10)11/h6-7H,2-5,12H2,1H3. The van der Waals surface area contributed by atoms with Crippen LogP contribution in [0.3, 0.4) is 0 Å². The van der Waals surface area contributed by atoms with E-state index in [0.29, 0.717) is 19.5 Å². The van der Waals surface area contributed by atoms with Gasteiger partial charge in [-0.15, -0.1) is 0 Å². The summed E-state index contributed by atoms with van der Waals surface area (Å²) in [6, 6.07) is -0.105. The number of likely N-dealkylation sites (tertiary alicyclic amines) is 1. The highest BCUT2D eigenvalue weighted by atomic mass is 19.4. The average Bonchev–Trinajstić information content (AvgIpc) is 1.78. The van der Waals surface area contributed by atoms with E-state index in [-0.39, 0.29) is 12.0 Å². The van der Waals surface area contributed by atoms with Gasteiger partial charge in [0.05, 0.1) is 0 Å². The van der Waals surface area contributed by atoms with E-state index in [1.807, 2.05) is 11.9 Å². The molecule has 1 rings (SSSR count). The summed E-state index contributed by atoms with van der Waals surface area (Å²) in [6.45, 7) is 1.21. The summed E-state index contributed by atoms with van der Waals surface area (Å²) in [5, 5.41) is 0. The zero-order valence-electron chi connectivity index (χ0n) is 7.64. The Hall–Kier alpha value is -0.290. The second-order valence-corrected chi connectivity index (χ2v) is 3.90. The largest absolute Gasteiger partial charge is 0.389 e. The summed E-state index contributed by atoms with van der Waals surface area (Å²) in [5.74, 6) is -0.325. The van der Waals surface area contributed by atoms with Crippen molar-refractivity contribution in [2.24, 2.45) is 11.7 Å². The molecule has 0 spiro atoms. The minimum Gasteiger partial charge on any atom is -0.327 e. The molecule has 0 aromatic rings. The molecule has 2 atom stereocenters. The Balaban J connectivity index is 2.42. The van der Waals surface area contributed by atoms with Crippen LogP contribution in [0.4, 0.5) is 13.2 Å². The van der Waals surface area contributed by atoms with Crippen molar-refractivity contribution >= 4 is 0 Å². The molecule has 1 aliphatic rings. The lowest BCUT2D eigenvalue weighted by Crippen LogP contribution is -2.45. The molecule has 2 N–H and O–H groups in total. The van der Waals surface area contributed by atoms with Gasteiger partial charge in [-0.2, -0.15) is 13.2 Å². The van der Waals surface area contributed by atoms with Gasteiger partial charge in [-0.1, -0.05) is 0 Å². The molecule has 0 aromatic heterocycles. The predicted molar refractivity (Wildman–Crippen MR) is 44.3 cm³/mol. The van der Waals surface area contributed by atoms with E-state index >= 15 is 0 Å². The molecule has 0 radical (unpaired) electrons. The number of alkyl halides is 3. The number of hydrogen-bond acceptors (Lipinski definition) is 2. The first-order chi connectivity index (χ1) is 5.87. The van der Waals surface area contributed by atoms with Gasteiger partial charge >= 0.3 is 6.18 Å². The second-order valence-electron chi connectivity index (χ2n) is 3.90. The Labute approximate surface area is 75.9 Å². The fraction of sp³-hybridized carbons (Fsp3) is 1.00. The maximum Gasteiger partial charge on any atom is 0.389 e. The summed E-state index contributed by atoms with van der Waals surface area (Å²) in [5.41, 5.74) is 5.63. The Kier molecular flexibility index (Phi) is 3.18. The number of rotatable bonds is 1. The van der Waals surface area contributed by atoms with Gasteiger partial charge < -0.3 is 10.6 Å². The Morgan fingerprint density at radius 3 is 2.46 bits per heavy atom. The van der Waals surface area contributed by atoms with Crippen molar-refractivity contribution in [3.8, 4) is 0 Å². The molecule has 0 amide bonds. The number of hydrogen-bond donors (Lipinski definition) is 1. The lowest BCUT2D eigenvalue weighted by Gasteiger charge is -2.34. The zero-order valence-corrected chi connectivity index (χ0v) is 7.64. The quantitative estimate of drug-likeness (QED) is 0.683. The topological polar surface area (TPSA) is 29.3 Å². The van der Waals surface area contributed by atoms with Crippen molar-refractivity contribution in [2.75, 3.05) is 20.1 Å². The molecule has 0 aromatic carbocycles. The number of nitrogens with two attached hydrogens (primary N) is 1. The smallest absolute Gasteiger partial charge is 0.327 e. The number of halogens is 3. The fourth-order valence-electron chi connectivity index (χ4n) is 1.97. The third kappa shape index (κ3) is 3.95. The minimum absolute atomic E-state index is 0.105. The Morgan fingerprint density at radius 2 is 2.00 bits per heavy atom. The molecule has 13 heavy (non-hydrogen) atoms. The second kappa shape index (κ2) is 3.84. The van der Waals surface area contributed by atoms with Crippen LogP contribution in [0.5, 0.6) is 0 Å². The van der Waals surface area contributed by atoms with Crippen LogP contribution in [0, 0.1) is 5.92 Å². The van der Waals surface area contributed by atoms with Crippen LogP contribution >= 0.6 is 0 Å². The summed E-state index contributed by atoms with van der Waals surface area (Å²) >= 11 is 0. The summed E-state index contributed by atoms with van der Waals surface area (Å²) in [4.78, 5) is 1.87. The van der Waals surface area contributed by atoms with Gasteiger partial charge in [-0.05, 0) is 19.4 Å². The normalized spacial score (nSPS) is 32.1. The summed E-state index contributed by atoms with van der Waals surface area (Å²) in [7, 11) is 1.81. The molecule has 78 valence electrons. The number of nitrogens with zero attached hydrogens (tertiary/aromatic N) is 1. The van der Waals surface area contributed by atoms with Gasteiger partial charge in [0.25, 0.3) is 0 Å². The molecule has 1 heterocycles. The lowest BCUT2D eigenvalue weighted by atomic mass is 9.92. The van der Waals surface area contributed by atoms with Crippen LogP contribution < -0.4 is 5.73 Å². The van der Waals surface area contributed by atoms with E-state index in [2.05, 4.69) is 0 Å². The molecule has 1 aliphatic heterocycles. The van der Waals surface area contributed by atoms with E-state index in [1.165, 1.54) is 0 Å². The van der Waals surface area contributed by atoms with Crippen LogP contribution in [-0.2, 0) is 0 Å². The predicted octanol–water partition coefficient (Wildman–Crippen LogP) is 1.22. The SMILES string of the molecule is CN1CC(N)CC(CC(F)(F)F)C1. The molecule has 1 fully saturated rings. The molecule has 1 saturated heterocycles. The molecular formula is C8H15F3N2. The maximum absolute atomic E-state index is 12.0.